The molecular formula is C77H130O5. The summed E-state index contributed by atoms with van der Waals surface area (Å²) >= 11 is 0. The summed E-state index contributed by atoms with van der Waals surface area (Å²) in [4.78, 5) is 24.6. The summed E-state index contributed by atoms with van der Waals surface area (Å²) in [5.41, 5.74) is 0. The van der Waals surface area contributed by atoms with Crippen LogP contribution in [0.5, 0.6) is 0 Å². The molecule has 1 N–H and O–H groups in total. The maximum Gasteiger partial charge on any atom is 0.306 e. The van der Waals surface area contributed by atoms with Crippen LogP contribution >= 0.6 is 0 Å². The van der Waals surface area contributed by atoms with Crippen molar-refractivity contribution in [2.75, 3.05) is 13.2 Å². The smallest absolute Gasteiger partial charge is 0.306 e. The van der Waals surface area contributed by atoms with Gasteiger partial charge in [0.05, 0.1) is 6.61 Å². The van der Waals surface area contributed by atoms with Crippen LogP contribution in [0.1, 0.15) is 322 Å². The minimum atomic E-state index is -0.812. The van der Waals surface area contributed by atoms with E-state index in [1.54, 1.807) is 0 Å². The van der Waals surface area contributed by atoms with Gasteiger partial charge in [-0.2, -0.15) is 0 Å². The average molecular weight is 1140 g/mol. The Kier molecular flexibility index (Phi) is 67.9. The Morgan fingerprint density at radius 1 is 0.293 bits per heavy atom. The summed E-state index contributed by atoms with van der Waals surface area (Å²) < 4.78 is 10.7. The van der Waals surface area contributed by atoms with Crippen LogP contribution in [-0.4, -0.2) is 36.4 Å². The monoisotopic (exact) mass is 1130 g/mol. The Morgan fingerprint density at radius 2 is 0.537 bits per heavy atom. The molecule has 0 heterocycles. The Morgan fingerprint density at radius 3 is 0.829 bits per heavy atom. The lowest BCUT2D eigenvalue weighted by Crippen LogP contribution is -2.28. The fraction of sp³-hybridized carbons (Fsp3) is 0.688. The van der Waals surface area contributed by atoms with Gasteiger partial charge in [0.25, 0.3) is 0 Å². The van der Waals surface area contributed by atoms with Crippen molar-refractivity contribution >= 4 is 11.9 Å². The second-order valence-electron chi connectivity index (χ2n) is 22.9. The number of unbranched alkanes of at least 4 members (excludes halogenated alkanes) is 33. The predicted molar refractivity (Wildman–Crippen MR) is 361 cm³/mol. The van der Waals surface area contributed by atoms with Crippen molar-refractivity contribution in [1.29, 1.82) is 0 Å². The summed E-state index contributed by atoms with van der Waals surface area (Å²) in [7, 11) is 0. The zero-order valence-electron chi connectivity index (χ0n) is 53.7. The molecule has 468 valence electrons. The molecule has 0 saturated heterocycles. The molecule has 0 spiro atoms. The van der Waals surface area contributed by atoms with Crippen LogP contribution in [0, 0.1) is 0 Å². The molecule has 0 aliphatic heterocycles. The van der Waals surface area contributed by atoms with E-state index in [9.17, 15) is 14.7 Å². The van der Waals surface area contributed by atoms with Gasteiger partial charge < -0.3 is 14.6 Å². The molecule has 0 aromatic rings. The number of allylic oxidation sites excluding steroid dienone is 22. The third kappa shape index (κ3) is 68.5. The van der Waals surface area contributed by atoms with E-state index in [2.05, 4.69) is 148 Å². The van der Waals surface area contributed by atoms with E-state index >= 15 is 0 Å². The molecule has 0 bridgehead atoms. The number of hydrogen-bond donors (Lipinski definition) is 1. The van der Waals surface area contributed by atoms with E-state index in [4.69, 9.17) is 9.47 Å². The van der Waals surface area contributed by atoms with E-state index in [0.29, 0.717) is 12.8 Å². The highest BCUT2D eigenvalue weighted by molar-refractivity contribution is 5.70. The van der Waals surface area contributed by atoms with Crippen LogP contribution in [-0.2, 0) is 19.1 Å². The first-order valence-electron chi connectivity index (χ1n) is 34.7. The summed E-state index contributed by atoms with van der Waals surface area (Å²) in [6.07, 6.45) is 106. The molecule has 0 radical (unpaired) electrons. The highest BCUT2D eigenvalue weighted by atomic mass is 16.6. The molecule has 1 atom stereocenters. The van der Waals surface area contributed by atoms with Gasteiger partial charge in [0.2, 0.25) is 0 Å². The first-order valence-corrected chi connectivity index (χ1v) is 34.7. The maximum atomic E-state index is 12.3. The first-order chi connectivity index (χ1) is 40.6. The molecule has 0 rings (SSSR count). The van der Waals surface area contributed by atoms with Gasteiger partial charge in [-0.25, -0.2) is 0 Å². The lowest BCUT2D eigenvalue weighted by molar-refractivity contribution is -0.161. The highest BCUT2D eigenvalue weighted by Crippen LogP contribution is 2.17. The summed E-state index contributed by atoms with van der Waals surface area (Å²) in [6, 6.07) is 0. The van der Waals surface area contributed by atoms with Gasteiger partial charge in [-0.3, -0.25) is 9.59 Å². The van der Waals surface area contributed by atoms with Crippen molar-refractivity contribution in [2.45, 2.75) is 328 Å². The predicted octanol–water partition coefficient (Wildman–Crippen LogP) is 24.3. The second-order valence-corrected chi connectivity index (χ2v) is 22.9. The fourth-order valence-electron chi connectivity index (χ4n) is 9.77. The molecule has 82 heavy (non-hydrogen) atoms. The van der Waals surface area contributed by atoms with Gasteiger partial charge in [0, 0.05) is 12.8 Å². The minimum Gasteiger partial charge on any atom is -0.462 e. The van der Waals surface area contributed by atoms with Gasteiger partial charge in [-0.15, -0.1) is 0 Å². The van der Waals surface area contributed by atoms with Gasteiger partial charge >= 0.3 is 11.9 Å². The molecule has 1 unspecified atom stereocenters. The number of carbonyl (C=O) groups excluding carboxylic acids is 2. The number of hydrogen-bond acceptors (Lipinski definition) is 5. The largest absolute Gasteiger partial charge is 0.462 e. The Bertz CT molecular complexity index is 1670. The molecule has 0 amide bonds. The summed E-state index contributed by atoms with van der Waals surface area (Å²) in [5, 5.41) is 9.68. The average Bonchev–Trinajstić information content (AvgIpc) is 3.49. The van der Waals surface area contributed by atoms with Gasteiger partial charge in [-0.1, -0.05) is 334 Å². The van der Waals surface area contributed by atoms with Crippen LogP contribution in [0.4, 0.5) is 0 Å². The van der Waals surface area contributed by atoms with Crippen molar-refractivity contribution in [3.8, 4) is 0 Å². The van der Waals surface area contributed by atoms with Crippen molar-refractivity contribution in [2.24, 2.45) is 0 Å². The molecule has 0 saturated carbocycles. The van der Waals surface area contributed by atoms with E-state index in [1.807, 2.05) is 0 Å². The van der Waals surface area contributed by atoms with Crippen LogP contribution in [0.15, 0.2) is 134 Å². The first kappa shape index (κ1) is 78.0. The Balaban J connectivity index is 3.52. The van der Waals surface area contributed by atoms with Gasteiger partial charge in [0.1, 0.15) is 6.61 Å². The molecule has 0 aromatic carbocycles. The second kappa shape index (κ2) is 71.3. The zero-order valence-corrected chi connectivity index (χ0v) is 53.7. The fourth-order valence-corrected chi connectivity index (χ4v) is 9.77. The van der Waals surface area contributed by atoms with E-state index in [0.717, 1.165) is 89.9 Å². The molecule has 0 aliphatic carbocycles. The highest BCUT2D eigenvalue weighted by Gasteiger charge is 2.16. The molecule has 0 aliphatic rings. The number of ether oxygens (including phenoxy) is 2. The molecule has 0 aromatic heterocycles. The van der Waals surface area contributed by atoms with Gasteiger partial charge in [0.15, 0.2) is 6.10 Å². The number of rotatable bonds is 63. The van der Waals surface area contributed by atoms with Crippen LogP contribution in [0.3, 0.4) is 0 Å². The van der Waals surface area contributed by atoms with Crippen molar-refractivity contribution in [3.63, 3.8) is 0 Å². The third-order valence-corrected chi connectivity index (χ3v) is 14.9. The van der Waals surface area contributed by atoms with Crippen molar-refractivity contribution < 1.29 is 24.2 Å². The lowest BCUT2D eigenvalue weighted by Gasteiger charge is -2.15. The number of esters is 2. The molecule has 5 nitrogen and oxygen atoms in total. The number of aliphatic hydroxyl groups is 1. The quantitative estimate of drug-likeness (QED) is 0.0373. The Labute approximate surface area is 508 Å². The van der Waals surface area contributed by atoms with Crippen molar-refractivity contribution in [3.05, 3.63) is 134 Å². The molecular weight excluding hydrogens is 1000 g/mol. The summed E-state index contributed by atoms with van der Waals surface area (Å²) in [5.74, 6) is -0.657. The standard InChI is InChI=1S/C77H130O5/c1-3-5-7-9-11-13-15-17-19-21-23-25-27-29-31-33-34-35-36-37-38-39-40-41-42-44-45-47-49-51-53-55-57-59-61-63-65-67-69-71-76(79)81-74-75(73-78)82-77(80)72-70-68-66-64-62-60-58-56-54-52-50-48-46-43-32-30-28-26-24-22-20-18-16-14-12-10-8-6-4-2/h6,8,12,14-15,17-18,20-21,23-24,26,30,32,46,48,52,54,58,60,64,66,75,78H,3-5,7,9-11,13,16,19,22,25,27-29,31,33-45,47,49-51,53,55-57,59,61-63,65,67-74H2,1-2H3/b8-6-,14-12-,17-15-,20-18-,23-21-,26-24-,32-30-,48-46-,54-52-,60-58-,66-64-. The van der Waals surface area contributed by atoms with E-state index in [-0.39, 0.29) is 31.6 Å². The maximum absolute atomic E-state index is 12.3. The Hall–Kier alpha value is -3.96. The van der Waals surface area contributed by atoms with Crippen LogP contribution < -0.4 is 0 Å². The lowest BCUT2D eigenvalue weighted by atomic mass is 10.0. The van der Waals surface area contributed by atoms with Crippen LogP contribution in [0.25, 0.3) is 0 Å². The SMILES string of the molecule is CC/C=C\C/C=C\C/C=C\C/C=C\C/C=C\C/C=C\C/C=C\C/C=C\C/C=C\CCCC(=O)OC(CO)COC(=O)CCCCCCCCCCCCCCCCCCCCCCCCCCCCC/C=C\C/C=C\CCCCCCC. The number of aliphatic hydroxyl groups excluding tert-OH is 1. The normalized spacial score (nSPS) is 13.1. The number of carbonyl (C=O) groups is 2. The topological polar surface area (TPSA) is 72.8 Å². The molecule has 0 fully saturated rings. The summed E-state index contributed by atoms with van der Waals surface area (Å²) in [6.45, 7) is 3.99. The van der Waals surface area contributed by atoms with Crippen molar-refractivity contribution in [1.82, 2.24) is 0 Å². The van der Waals surface area contributed by atoms with Crippen LogP contribution in [0.2, 0.25) is 0 Å². The van der Waals surface area contributed by atoms with E-state index < -0.39 is 6.10 Å². The van der Waals surface area contributed by atoms with E-state index in [1.165, 1.54) is 199 Å². The minimum absolute atomic E-state index is 0.0942. The third-order valence-electron chi connectivity index (χ3n) is 14.9. The zero-order chi connectivity index (χ0) is 59.1. The van der Waals surface area contributed by atoms with Gasteiger partial charge in [-0.05, 0) is 109 Å². The molecule has 5 heteroatoms.